The summed E-state index contributed by atoms with van der Waals surface area (Å²) in [5.74, 6) is -0.0102. The molecule has 2 aliphatic heterocycles. The summed E-state index contributed by atoms with van der Waals surface area (Å²) in [5.41, 5.74) is 1.83. The number of amides is 1. The summed E-state index contributed by atoms with van der Waals surface area (Å²) in [6.45, 7) is 3.88. The number of carbonyl (C=O) groups is 1. The Labute approximate surface area is 167 Å². The van der Waals surface area contributed by atoms with E-state index in [1.807, 2.05) is 60.7 Å². The van der Waals surface area contributed by atoms with Crippen molar-refractivity contribution in [2.45, 2.75) is 37.4 Å². The topological polar surface area (TPSA) is 53.6 Å². The predicted molar refractivity (Wildman–Crippen MR) is 111 cm³/mol. The van der Waals surface area contributed by atoms with Crippen molar-refractivity contribution in [3.05, 3.63) is 66.2 Å². The Kier molecular flexibility index (Phi) is 6.37. The fourth-order valence-electron chi connectivity index (χ4n) is 4.18. The quantitative estimate of drug-likeness (QED) is 0.809. The number of para-hydroxylation sites is 1. The van der Waals surface area contributed by atoms with Crippen molar-refractivity contribution >= 4 is 11.6 Å². The molecule has 2 N–H and O–H groups in total. The molecule has 0 radical (unpaired) electrons. The van der Waals surface area contributed by atoms with Gasteiger partial charge in [-0.15, -0.1) is 0 Å². The highest BCUT2D eigenvalue weighted by molar-refractivity contribution is 5.95. The van der Waals surface area contributed by atoms with E-state index in [1.54, 1.807) is 0 Å². The van der Waals surface area contributed by atoms with E-state index in [0.29, 0.717) is 12.1 Å². The zero-order valence-corrected chi connectivity index (χ0v) is 16.2. The number of rotatable bonds is 6. The molecule has 5 nitrogen and oxygen atoms in total. The van der Waals surface area contributed by atoms with E-state index in [0.717, 1.165) is 56.8 Å². The first-order chi connectivity index (χ1) is 13.8. The zero-order valence-electron chi connectivity index (χ0n) is 16.2. The van der Waals surface area contributed by atoms with Gasteiger partial charge in [0.05, 0.1) is 6.61 Å². The number of hydrogen-bond donors (Lipinski definition) is 2. The molecule has 0 aliphatic carbocycles. The van der Waals surface area contributed by atoms with Crippen LogP contribution in [0.1, 0.15) is 30.9 Å². The summed E-state index contributed by atoms with van der Waals surface area (Å²) in [4.78, 5) is 15.6. The third-order valence-corrected chi connectivity index (χ3v) is 5.79. The Morgan fingerprint density at radius 3 is 2.29 bits per heavy atom. The lowest BCUT2D eigenvalue weighted by molar-refractivity contribution is -0.118. The third-order valence-electron chi connectivity index (χ3n) is 5.79. The number of carbonyl (C=O) groups excluding carboxylic acids is 1. The molecule has 0 spiro atoms. The van der Waals surface area contributed by atoms with Crippen LogP contribution in [0, 0.1) is 0 Å². The second kappa shape index (κ2) is 9.32. The van der Waals surface area contributed by atoms with Gasteiger partial charge in [0, 0.05) is 37.5 Å². The van der Waals surface area contributed by atoms with Crippen LogP contribution >= 0.6 is 0 Å². The minimum Gasteiger partial charge on any atom is -0.380 e. The number of hydrogen-bond acceptors (Lipinski definition) is 4. The molecule has 0 bridgehead atoms. The van der Waals surface area contributed by atoms with E-state index in [4.69, 9.17) is 4.74 Å². The van der Waals surface area contributed by atoms with Crippen LogP contribution in [0.4, 0.5) is 5.69 Å². The first kappa shape index (κ1) is 19.1. The fourth-order valence-corrected chi connectivity index (χ4v) is 4.18. The molecular weight excluding hydrogens is 350 g/mol. The van der Waals surface area contributed by atoms with Gasteiger partial charge in [-0.1, -0.05) is 48.5 Å². The number of piperidine rings is 1. The van der Waals surface area contributed by atoms with Crippen LogP contribution in [-0.2, 0) is 9.53 Å². The summed E-state index contributed by atoms with van der Waals surface area (Å²) in [5, 5.41) is 6.69. The highest BCUT2D eigenvalue weighted by Crippen LogP contribution is 2.22. The molecule has 2 aliphatic rings. The second-order valence-corrected chi connectivity index (χ2v) is 7.69. The highest BCUT2D eigenvalue weighted by atomic mass is 16.5. The molecule has 148 valence electrons. The molecule has 2 atom stereocenters. The average molecular weight is 380 g/mol. The van der Waals surface area contributed by atoms with E-state index in [2.05, 4.69) is 15.5 Å². The monoisotopic (exact) mass is 379 g/mol. The van der Waals surface area contributed by atoms with Gasteiger partial charge in [-0.2, -0.15) is 0 Å². The van der Waals surface area contributed by atoms with Crippen LogP contribution in [0.5, 0.6) is 0 Å². The minimum absolute atomic E-state index is 0.0102. The van der Waals surface area contributed by atoms with Crippen molar-refractivity contribution in [3.63, 3.8) is 0 Å². The summed E-state index contributed by atoms with van der Waals surface area (Å²) in [6.07, 6.45) is 3.25. The van der Waals surface area contributed by atoms with Crippen molar-refractivity contribution < 1.29 is 9.53 Å². The van der Waals surface area contributed by atoms with Gasteiger partial charge >= 0.3 is 0 Å². The minimum atomic E-state index is -0.354. The van der Waals surface area contributed by atoms with E-state index >= 15 is 0 Å². The molecule has 2 aromatic rings. The van der Waals surface area contributed by atoms with Crippen molar-refractivity contribution in [2.24, 2.45) is 0 Å². The molecule has 2 heterocycles. The van der Waals surface area contributed by atoms with E-state index in [9.17, 15) is 4.79 Å². The molecule has 2 fully saturated rings. The van der Waals surface area contributed by atoms with Crippen molar-refractivity contribution in [3.8, 4) is 0 Å². The molecule has 4 rings (SSSR count). The number of ether oxygens (including phenoxy) is 1. The maximum absolute atomic E-state index is 13.1. The van der Waals surface area contributed by atoms with Gasteiger partial charge in [0.2, 0.25) is 5.91 Å². The fraction of sp³-hybridized carbons (Fsp3) is 0.435. The molecule has 1 amide bonds. The molecule has 0 aromatic heterocycles. The molecule has 2 aromatic carbocycles. The molecule has 2 saturated heterocycles. The van der Waals surface area contributed by atoms with Gasteiger partial charge in [-0.25, -0.2) is 0 Å². The number of nitrogens with one attached hydrogen (secondary N) is 2. The van der Waals surface area contributed by atoms with Gasteiger partial charge in [0.1, 0.15) is 6.04 Å². The van der Waals surface area contributed by atoms with Crippen LogP contribution in [0.15, 0.2) is 60.7 Å². The van der Waals surface area contributed by atoms with Crippen molar-refractivity contribution in [1.29, 1.82) is 0 Å². The van der Waals surface area contributed by atoms with Crippen molar-refractivity contribution in [2.75, 3.05) is 31.6 Å². The highest BCUT2D eigenvalue weighted by Gasteiger charge is 2.30. The van der Waals surface area contributed by atoms with Gasteiger partial charge in [0.15, 0.2) is 0 Å². The smallest absolute Gasteiger partial charge is 0.246 e. The number of benzene rings is 2. The molecular formula is C23H29N3O2. The van der Waals surface area contributed by atoms with Crippen LogP contribution in [-0.4, -0.2) is 49.2 Å². The van der Waals surface area contributed by atoms with Crippen molar-refractivity contribution in [1.82, 2.24) is 10.2 Å². The number of nitrogens with zero attached hydrogens (tertiary/aromatic N) is 1. The first-order valence-electron chi connectivity index (χ1n) is 10.3. The lowest BCUT2D eigenvalue weighted by Gasteiger charge is -2.37. The lowest BCUT2D eigenvalue weighted by atomic mass is 9.99. The summed E-state index contributed by atoms with van der Waals surface area (Å²) in [6, 6.07) is 20.2. The maximum Gasteiger partial charge on any atom is 0.246 e. The Morgan fingerprint density at radius 1 is 0.964 bits per heavy atom. The molecule has 0 saturated carbocycles. The maximum atomic E-state index is 13.1. The Morgan fingerprint density at radius 2 is 1.64 bits per heavy atom. The average Bonchev–Trinajstić information content (AvgIpc) is 3.29. The summed E-state index contributed by atoms with van der Waals surface area (Å²) < 4.78 is 5.54. The molecule has 2 unspecified atom stereocenters. The van der Waals surface area contributed by atoms with Gasteiger partial charge < -0.3 is 10.1 Å². The lowest BCUT2D eigenvalue weighted by Crippen LogP contribution is -2.49. The Balaban J connectivity index is 1.40. The summed E-state index contributed by atoms with van der Waals surface area (Å²) >= 11 is 0. The van der Waals surface area contributed by atoms with E-state index < -0.39 is 0 Å². The molecule has 28 heavy (non-hydrogen) atoms. The normalized spacial score (nSPS) is 22.1. The zero-order chi connectivity index (χ0) is 19.2. The standard InChI is InChI=1S/C23H29N3O2/c27-23(25-19-9-5-2-6-10-19)22(18-7-3-1-4-8-18)24-20-11-14-26(15-12-20)21-13-16-28-17-21/h1-10,20-22,24H,11-17H2,(H,25,27). The van der Waals surface area contributed by atoms with Crippen LogP contribution in [0.25, 0.3) is 0 Å². The van der Waals surface area contributed by atoms with E-state index in [1.165, 1.54) is 0 Å². The largest absolute Gasteiger partial charge is 0.380 e. The Bertz CT molecular complexity index is 739. The Hall–Kier alpha value is -2.21. The van der Waals surface area contributed by atoms with Gasteiger partial charge in [0.25, 0.3) is 0 Å². The summed E-state index contributed by atoms with van der Waals surface area (Å²) in [7, 11) is 0. The van der Waals surface area contributed by atoms with Gasteiger partial charge in [-0.3, -0.25) is 15.0 Å². The van der Waals surface area contributed by atoms with Crippen LogP contribution in [0.3, 0.4) is 0 Å². The second-order valence-electron chi connectivity index (χ2n) is 7.69. The number of likely N-dealkylation sites (tertiary alicyclic amines) is 1. The number of anilines is 1. The van der Waals surface area contributed by atoms with Crippen LogP contribution in [0.2, 0.25) is 0 Å². The first-order valence-corrected chi connectivity index (χ1v) is 10.3. The van der Waals surface area contributed by atoms with E-state index in [-0.39, 0.29) is 11.9 Å². The molecule has 5 heteroatoms. The van der Waals surface area contributed by atoms with Crippen LogP contribution < -0.4 is 10.6 Å². The SMILES string of the molecule is O=C(Nc1ccccc1)C(NC1CCN(C2CCOC2)CC1)c1ccccc1. The predicted octanol–water partition coefficient (Wildman–Crippen LogP) is 3.21. The van der Waals surface area contributed by atoms with Gasteiger partial charge in [-0.05, 0) is 37.0 Å². The third kappa shape index (κ3) is 4.79.